The number of nitrogens with zero attached hydrogens (tertiary/aromatic N) is 3. The van der Waals surface area contributed by atoms with Gasteiger partial charge in [-0.1, -0.05) is 23.4 Å². The molecule has 4 aromatic rings. The summed E-state index contributed by atoms with van der Waals surface area (Å²) in [6.07, 6.45) is 5.28. The first-order chi connectivity index (χ1) is 21.4. The maximum absolute atomic E-state index is 11.9. The number of anilines is 2. The van der Waals surface area contributed by atoms with Gasteiger partial charge in [0.25, 0.3) is 5.91 Å². The number of piperazine rings is 1. The van der Waals surface area contributed by atoms with Crippen molar-refractivity contribution >= 4 is 46.2 Å². The lowest BCUT2D eigenvalue weighted by Crippen LogP contribution is -2.48. The Morgan fingerprint density at radius 2 is 1.75 bits per heavy atom. The number of methoxy groups -OCH3 is 2. The van der Waals surface area contributed by atoms with E-state index in [4.69, 9.17) is 25.2 Å². The van der Waals surface area contributed by atoms with Crippen molar-refractivity contribution in [2.75, 3.05) is 63.2 Å². The Morgan fingerprint density at radius 1 is 1.00 bits per heavy atom. The largest absolute Gasteiger partial charge is 0.496 e. The fourth-order valence-electron chi connectivity index (χ4n) is 4.93. The molecule has 5 rings (SSSR count). The van der Waals surface area contributed by atoms with Crippen LogP contribution in [0.3, 0.4) is 0 Å². The zero-order chi connectivity index (χ0) is 31.1. The lowest BCUT2D eigenvalue weighted by molar-refractivity contribution is -0.125. The Hall–Kier alpha value is -5.02. The topological polar surface area (TPSA) is 118 Å². The van der Waals surface area contributed by atoms with Crippen LogP contribution in [0.4, 0.5) is 11.5 Å². The highest BCUT2D eigenvalue weighted by Gasteiger charge is 2.22. The molecule has 0 aliphatic carbocycles. The number of nitrogens with one attached hydrogen (secondary N) is 2. The zero-order valence-electron chi connectivity index (χ0n) is 24.7. The van der Waals surface area contributed by atoms with Crippen LogP contribution in [-0.2, 0) is 9.59 Å². The van der Waals surface area contributed by atoms with Gasteiger partial charge in [0.15, 0.2) is 11.4 Å². The molecule has 2 heterocycles. The monoisotopic (exact) mass is 615 g/mol. The quantitative estimate of drug-likeness (QED) is 0.143. The molecule has 0 radical (unpaired) electrons. The number of carbonyl (C=O) groups excluding carboxylic acids is 2. The molecule has 1 fully saturated rings. The highest BCUT2D eigenvalue weighted by Crippen LogP contribution is 2.42. The second kappa shape index (κ2) is 14.0. The smallest absolute Gasteiger partial charge is 0.298 e. The van der Waals surface area contributed by atoms with E-state index >= 15 is 0 Å². The number of aromatic nitrogens is 1. The van der Waals surface area contributed by atoms with Crippen LogP contribution in [0.15, 0.2) is 64.0 Å². The van der Waals surface area contributed by atoms with E-state index in [0.29, 0.717) is 78.3 Å². The van der Waals surface area contributed by atoms with Crippen LogP contribution in [0.1, 0.15) is 6.92 Å². The van der Waals surface area contributed by atoms with Gasteiger partial charge in [0.2, 0.25) is 5.91 Å². The molecule has 0 spiro atoms. The van der Waals surface area contributed by atoms with E-state index < -0.39 is 0 Å². The van der Waals surface area contributed by atoms with Crippen LogP contribution in [0.25, 0.3) is 22.1 Å². The predicted molar refractivity (Wildman–Crippen MR) is 170 cm³/mol. The Kier molecular flexibility index (Phi) is 9.66. The first-order valence-corrected chi connectivity index (χ1v) is 14.8. The molecule has 0 atom stereocenters. The van der Waals surface area contributed by atoms with E-state index in [1.807, 2.05) is 42.5 Å². The van der Waals surface area contributed by atoms with Crippen molar-refractivity contribution in [2.24, 2.45) is 0 Å². The molecule has 2 amide bonds. The average molecular weight is 616 g/mol. The fraction of sp³-hybridized carbons (Fsp3) is 0.281. The predicted octanol–water partition coefficient (Wildman–Crippen LogP) is 4.43. The summed E-state index contributed by atoms with van der Waals surface area (Å²) in [5.74, 6) is 4.10. The standard InChI is InChI=1S/C32H33N5O6S/c1-5-29(39)37-15-13-36(14-16-37)24-9-6-8-22(18-24)23-19-27(41-4)30-28(20-23)43-34-32(30)35-44-31-25(40-3)10-7-11-26(31)42-17-12-33-21(2)38/h1,6-11,18-20H,12-17H2,2-4H3,(H,33,38)(H,34,35). The van der Waals surface area contributed by atoms with Gasteiger partial charge in [0.1, 0.15) is 34.1 Å². The van der Waals surface area contributed by atoms with Crippen molar-refractivity contribution in [3.05, 3.63) is 54.6 Å². The minimum atomic E-state index is -0.270. The molecule has 1 aromatic heterocycles. The van der Waals surface area contributed by atoms with Crippen LogP contribution in [0.5, 0.6) is 17.2 Å². The summed E-state index contributed by atoms with van der Waals surface area (Å²) in [7, 11) is 3.20. The highest BCUT2D eigenvalue weighted by molar-refractivity contribution is 8.00. The number of hydrogen-bond acceptors (Lipinski definition) is 10. The van der Waals surface area contributed by atoms with Crippen molar-refractivity contribution in [3.63, 3.8) is 0 Å². The van der Waals surface area contributed by atoms with Gasteiger partial charge in [-0.3, -0.25) is 9.59 Å². The van der Waals surface area contributed by atoms with Crippen molar-refractivity contribution < 1.29 is 28.3 Å². The summed E-state index contributed by atoms with van der Waals surface area (Å²) in [6.45, 7) is 4.70. The molecular formula is C32H33N5O6S. The van der Waals surface area contributed by atoms with Crippen LogP contribution in [0, 0.1) is 12.3 Å². The second-order valence-electron chi connectivity index (χ2n) is 9.88. The summed E-state index contributed by atoms with van der Waals surface area (Å²) >= 11 is 1.27. The van der Waals surface area contributed by atoms with Gasteiger partial charge in [0, 0.05) is 38.8 Å². The Balaban J connectivity index is 1.35. The normalized spacial score (nSPS) is 12.9. The van der Waals surface area contributed by atoms with E-state index in [0.717, 1.165) is 16.8 Å². The molecule has 0 unspecified atom stereocenters. The van der Waals surface area contributed by atoms with E-state index in [-0.39, 0.29) is 11.8 Å². The summed E-state index contributed by atoms with van der Waals surface area (Å²) in [4.78, 5) is 27.7. The number of ether oxygens (including phenoxy) is 3. The number of rotatable bonds is 11. The number of hydrogen-bond donors (Lipinski definition) is 2. The third kappa shape index (κ3) is 6.79. The van der Waals surface area contributed by atoms with E-state index in [2.05, 4.69) is 38.1 Å². The van der Waals surface area contributed by atoms with E-state index in [1.165, 1.54) is 18.9 Å². The second-order valence-corrected chi connectivity index (χ2v) is 10.7. The summed E-state index contributed by atoms with van der Waals surface area (Å²) < 4.78 is 26.3. The molecule has 3 aromatic carbocycles. The summed E-state index contributed by atoms with van der Waals surface area (Å²) in [5.41, 5.74) is 3.51. The van der Waals surface area contributed by atoms with Gasteiger partial charge in [-0.2, -0.15) is 0 Å². The van der Waals surface area contributed by atoms with Crippen LogP contribution in [-0.4, -0.2) is 75.4 Å². The van der Waals surface area contributed by atoms with Gasteiger partial charge in [-0.25, -0.2) is 0 Å². The van der Waals surface area contributed by atoms with Crippen molar-refractivity contribution in [1.82, 2.24) is 15.4 Å². The molecule has 0 bridgehead atoms. The number of terminal acetylenes is 1. The fourth-order valence-corrected chi connectivity index (χ4v) is 5.75. The van der Waals surface area contributed by atoms with Gasteiger partial charge in [-0.05, 0) is 65.4 Å². The molecule has 228 valence electrons. The van der Waals surface area contributed by atoms with Gasteiger partial charge >= 0.3 is 0 Å². The Labute approximate surface area is 259 Å². The van der Waals surface area contributed by atoms with Crippen molar-refractivity contribution in [3.8, 4) is 40.7 Å². The Morgan fingerprint density at radius 3 is 2.48 bits per heavy atom. The van der Waals surface area contributed by atoms with Crippen molar-refractivity contribution in [2.45, 2.75) is 11.8 Å². The number of carbonyl (C=O) groups is 2. The minimum absolute atomic E-state index is 0.118. The minimum Gasteiger partial charge on any atom is -0.496 e. The molecule has 1 saturated heterocycles. The van der Waals surface area contributed by atoms with Crippen LogP contribution < -0.4 is 29.1 Å². The first kappa shape index (κ1) is 30.4. The molecule has 0 saturated carbocycles. The van der Waals surface area contributed by atoms with Crippen LogP contribution >= 0.6 is 11.9 Å². The molecule has 1 aliphatic rings. The first-order valence-electron chi connectivity index (χ1n) is 14.0. The molecular weight excluding hydrogens is 582 g/mol. The molecule has 2 N–H and O–H groups in total. The van der Waals surface area contributed by atoms with Crippen molar-refractivity contribution in [1.29, 1.82) is 0 Å². The highest BCUT2D eigenvalue weighted by atomic mass is 32.2. The van der Waals surface area contributed by atoms with Gasteiger partial charge in [0.05, 0.1) is 20.8 Å². The third-order valence-corrected chi connectivity index (χ3v) is 8.04. The Bertz CT molecular complexity index is 1690. The van der Waals surface area contributed by atoms with Crippen LogP contribution in [0.2, 0.25) is 0 Å². The van der Waals surface area contributed by atoms with E-state index in [9.17, 15) is 9.59 Å². The molecule has 1 aliphatic heterocycles. The average Bonchev–Trinajstić information content (AvgIpc) is 3.48. The molecule has 12 heteroatoms. The van der Waals surface area contributed by atoms with Gasteiger partial charge < -0.3 is 38.6 Å². The molecule has 44 heavy (non-hydrogen) atoms. The van der Waals surface area contributed by atoms with E-state index in [1.54, 1.807) is 19.1 Å². The summed E-state index contributed by atoms with van der Waals surface area (Å²) in [5, 5.41) is 7.69. The lowest BCUT2D eigenvalue weighted by Gasteiger charge is -2.35. The van der Waals surface area contributed by atoms with Gasteiger partial charge in [-0.15, -0.1) is 6.42 Å². The molecule has 11 nitrogen and oxygen atoms in total. The number of amides is 2. The maximum Gasteiger partial charge on any atom is 0.298 e. The lowest BCUT2D eigenvalue weighted by atomic mass is 10.0. The maximum atomic E-state index is 11.9. The summed E-state index contributed by atoms with van der Waals surface area (Å²) in [6, 6.07) is 17.6. The zero-order valence-corrected chi connectivity index (χ0v) is 25.5. The number of benzene rings is 3. The number of fused-ring (bicyclic) bond motifs is 1. The SMILES string of the molecule is C#CC(=O)N1CCN(c2cccc(-c3cc(OC)c4c(NSc5c(OC)cccc5OCCNC(C)=O)noc4c3)c2)CC1. The third-order valence-electron chi connectivity index (χ3n) is 7.14.